The van der Waals surface area contributed by atoms with E-state index in [0.717, 1.165) is 23.7 Å². The van der Waals surface area contributed by atoms with Crippen molar-refractivity contribution in [2.75, 3.05) is 5.33 Å². The van der Waals surface area contributed by atoms with Crippen LogP contribution in [0.1, 0.15) is 50.0 Å². The number of rotatable bonds is 5. The zero-order valence-corrected chi connectivity index (χ0v) is 13.9. The van der Waals surface area contributed by atoms with Crippen LogP contribution in [-0.4, -0.2) is 17.3 Å². The largest absolute Gasteiger partial charge is 0.349 e. The molecule has 2 nitrogen and oxygen atoms in total. The molecule has 0 radical (unpaired) electrons. The van der Waals surface area contributed by atoms with Gasteiger partial charge in [0.15, 0.2) is 0 Å². The molecule has 19 heavy (non-hydrogen) atoms. The molecule has 1 amide bonds. The van der Waals surface area contributed by atoms with E-state index in [1.165, 1.54) is 5.56 Å². The Kier molecular flexibility index (Phi) is 6.05. The summed E-state index contributed by atoms with van der Waals surface area (Å²) in [6, 6.07) is 8.02. The Morgan fingerprint density at radius 2 is 1.84 bits per heavy atom. The molecule has 1 unspecified atom stereocenters. The summed E-state index contributed by atoms with van der Waals surface area (Å²) < 4.78 is 0. The van der Waals surface area contributed by atoms with Gasteiger partial charge in [-0.2, -0.15) is 0 Å². The average molecular weight is 326 g/mol. The molecule has 0 saturated heterocycles. The Labute approximate surface area is 125 Å². The SMILES string of the molecule is CCc1ccc(C(=O)NC(CCBr)C(C)(C)C)cc1. The first kappa shape index (κ1) is 16.2. The van der Waals surface area contributed by atoms with E-state index in [0.29, 0.717) is 0 Å². The number of carbonyl (C=O) groups is 1. The van der Waals surface area contributed by atoms with Crippen LogP contribution in [0.15, 0.2) is 24.3 Å². The zero-order valence-electron chi connectivity index (χ0n) is 12.3. The molecule has 3 heteroatoms. The normalized spacial score (nSPS) is 13.1. The monoisotopic (exact) mass is 325 g/mol. The Hall–Kier alpha value is -0.830. The van der Waals surface area contributed by atoms with Gasteiger partial charge in [-0.25, -0.2) is 0 Å². The number of nitrogens with one attached hydrogen (secondary N) is 1. The van der Waals surface area contributed by atoms with Crippen molar-refractivity contribution in [1.29, 1.82) is 0 Å². The quantitative estimate of drug-likeness (QED) is 0.808. The molecule has 1 N–H and O–H groups in total. The molecule has 1 aromatic rings. The van der Waals surface area contributed by atoms with Crippen molar-refractivity contribution < 1.29 is 4.79 Å². The van der Waals surface area contributed by atoms with Crippen LogP contribution in [0.5, 0.6) is 0 Å². The summed E-state index contributed by atoms with van der Waals surface area (Å²) in [7, 11) is 0. The van der Waals surface area contributed by atoms with Crippen LogP contribution in [0.25, 0.3) is 0 Å². The summed E-state index contributed by atoms with van der Waals surface area (Å²) in [5.74, 6) is 0.0172. The van der Waals surface area contributed by atoms with Crippen molar-refractivity contribution in [2.45, 2.75) is 46.6 Å². The number of halogens is 1. The second kappa shape index (κ2) is 7.09. The maximum absolute atomic E-state index is 12.2. The smallest absolute Gasteiger partial charge is 0.251 e. The molecule has 0 heterocycles. The lowest BCUT2D eigenvalue weighted by Crippen LogP contribution is -2.44. The summed E-state index contributed by atoms with van der Waals surface area (Å²) in [6.07, 6.45) is 1.93. The zero-order chi connectivity index (χ0) is 14.5. The number of hydrogen-bond acceptors (Lipinski definition) is 1. The fourth-order valence-electron chi connectivity index (χ4n) is 1.96. The van der Waals surface area contributed by atoms with Gasteiger partial charge < -0.3 is 5.32 Å². The number of hydrogen-bond donors (Lipinski definition) is 1. The van der Waals surface area contributed by atoms with E-state index in [9.17, 15) is 4.79 Å². The summed E-state index contributed by atoms with van der Waals surface area (Å²) in [4.78, 5) is 12.2. The Bertz CT molecular complexity index is 406. The van der Waals surface area contributed by atoms with E-state index in [1.807, 2.05) is 24.3 Å². The van der Waals surface area contributed by atoms with Crippen LogP contribution in [0.3, 0.4) is 0 Å². The van der Waals surface area contributed by atoms with E-state index in [2.05, 4.69) is 48.9 Å². The van der Waals surface area contributed by atoms with Gasteiger partial charge in [0.1, 0.15) is 0 Å². The Morgan fingerprint density at radius 3 is 2.26 bits per heavy atom. The highest BCUT2D eigenvalue weighted by Gasteiger charge is 2.25. The maximum Gasteiger partial charge on any atom is 0.251 e. The fraction of sp³-hybridized carbons (Fsp3) is 0.562. The molecule has 0 aliphatic carbocycles. The minimum Gasteiger partial charge on any atom is -0.349 e. The van der Waals surface area contributed by atoms with Gasteiger partial charge in [0.25, 0.3) is 5.91 Å². The topological polar surface area (TPSA) is 29.1 Å². The molecule has 0 aliphatic rings. The number of benzene rings is 1. The maximum atomic E-state index is 12.2. The molecule has 106 valence electrons. The van der Waals surface area contributed by atoms with Crippen LogP contribution in [0, 0.1) is 5.41 Å². The third-order valence-corrected chi connectivity index (χ3v) is 3.83. The molecule has 0 aliphatic heterocycles. The summed E-state index contributed by atoms with van der Waals surface area (Å²) in [5, 5.41) is 4.04. The number of amides is 1. The fourth-order valence-corrected chi connectivity index (χ4v) is 2.42. The highest BCUT2D eigenvalue weighted by Crippen LogP contribution is 2.23. The average Bonchev–Trinajstić information content (AvgIpc) is 2.37. The highest BCUT2D eigenvalue weighted by molar-refractivity contribution is 9.09. The number of carbonyl (C=O) groups excluding carboxylic acids is 1. The molecule has 1 rings (SSSR count). The number of alkyl halides is 1. The third kappa shape index (κ3) is 4.98. The molecular weight excluding hydrogens is 302 g/mol. The van der Waals surface area contributed by atoms with Crippen LogP contribution in [0.4, 0.5) is 0 Å². The highest BCUT2D eigenvalue weighted by atomic mass is 79.9. The van der Waals surface area contributed by atoms with Gasteiger partial charge in [-0.1, -0.05) is 55.8 Å². The molecule has 0 saturated carbocycles. The van der Waals surface area contributed by atoms with Gasteiger partial charge in [-0.3, -0.25) is 4.79 Å². The second-order valence-electron chi connectivity index (χ2n) is 5.92. The molecule has 1 atom stereocenters. The van der Waals surface area contributed by atoms with Gasteiger partial charge in [-0.05, 0) is 36.0 Å². The molecule has 0 aromatic heterocycles. The van der Waals surface area contributed by atoms with E-state index < -0.39 is 0 Å². The van der Waals surface area contributed by atoms with Gasteiger partial charge in [0.2, 0.25) is 0 Å². The van der Waals surface area contributed by atoms with Crippen molar-refractivity contribution in [3.63, 3.8) is 0 Å². The van der Waals surface area contributed by atoms with Crippen molar-refractivity contribution in [2.24, 2.45) is 5.41 Å². The first-order valence-corrected chi connectivity index (χ1v) is 7.96. The molecule has 0 bridgehead atoms. The first-order valence-electron chi connectivity index (χ1n) is 6.84. The Morgan fingerprint density at radius 1 is 1.26 bits per heavy atom. The molecule has 0 fully saturated rings. The summed E-state index contributed by atoms with van der Waals surface area (Å²) >= 11 is 3.46. The third-order valence-electron chi connectivity index (χ3n) is 3.37. The molecule has 1 aromatic carbocycles. The predicted octanol–water partition coefficient (Wildman–Crippen LogP) is 4.18. The second-order valence-corrected chi connectivity index (χ2v) is 6.71. The van der Waals surface area contributed by atoms with Crippen molar-refractivity contribution >= 4 is 21.8 Å². The molecule has 0 spiro atoms. The van der Waals surface area contributed by atoms with Gasteiger partial charge >= 0.3 is 0 Å². The van der Waals surface area contributed by atoms with Crippen LogP contribution in [0.2, 0.25) is 0 Å². The molecular formula is C16H24BrNO. The van der Waals surface area contributed by atoms with Crippen molar-refractivity contribution in [3.05, 3.63) is 35.4 Å². The summed E-state index contributed by atoms with van der Waals surface area (Å²) in [5.41, 5.74) is 2.05. The number of aryl methyl sites for hydroxylation is 1. The minimum atomic E-state index is 0.0172. The predicted molar refractivity (Wildman–Crippen MR) is 84.9 cm³/mol. The van der Waals surface area contributed by atoms with E-state index in [1.54, 1.807) is 0 Å². The van der Waals surface area contributed by atoms with E-state index in [4.69, 9.17) is 0 Å². The van der Waals surface area contributed by atoms with Gasteiger partial charge in [-0.15, -0.1) is 0 Å². The lowest BCUT2D eigenvalue weighted by Gasteiger charge is -2.31. The lowest BCUT2D eigenvalue weighted by molar-refractivity contribution is 0.0901. The minimum absolute atomic E-state index is 0.0172. The first-order chi connectivity index (χ1) is 8.88. The van der Waals surface area contributed by atoms with Crippen LogP contribution >= 0.6 is 15.9 Å². The van der Waals surface area contributed by atoms with Crippen molar-refractivity contribution in [1.82, 2.24) is 5.32 Å². The van der Waals surface area contributed by atoms with Gasteiger partial charge in [0.05, 0.1) is 0 Å². The van der Waals surface area contributed by atoms with E-state index in [-0.39, 0.29) is 17.4 Å². The van der Waals surface area contributed by atoms with Crippen LogP contribution < -0.4 is 5.32 Å². The van der Waals surface area contributed by atoms with Crippen molar-refractivity contribution in [3.8, 4) is 0 Å². The summed E-state index contributed by atoms with van der Waals surface area (Å²) in [6.45, 7) is 8.57. The Balaban J connectivity index is 2.75. The standard InChI is InChI=1S/C16H24BrNO/c1-5-12-6-8-13(9-7-12)15(19)18-14(10-11-17)16(2,3)4/h6-9,14H,5,10-11H2,1-4H3,(H,18,19). The van der Waals surface area contributed by atoms with E-state index >= 15 is 0 Å². The van der Waals surface area contributed by atoms with Crippen LogP contribution in [-0.2, 0) is 6.42 Å². The van der Waals surface area contributed by atoms with Gasteiger partial charge in [0, 0.05) is 16.9 Å². The lowest BCUT2D eigenvalue weighted by atomic mass is 9.85.